The fourth-order valence-electron chi connectivity index (χ4n) is 1.98. The van der Waals surface area contributed by atoms with Crippen molar-refractivity contribution in [3.63, 3.8) is 0 Å². The monoisotopic (exact) mass is 208 g/mol. The largest absolute Gasteiger partial charge is 0.468 e. The van der Waals surface area contributed by atoms with Gasteiger partial charge in [0.2, 0.25) is 0 Å². The third-order valence-corrected chi connectivity index (χ3v) is 3.02. The zero-order valence-electron chi connectivity index (χ0n) is 9.62. The first-order valence-electron chi connectivity index (χ1n) is 5.79. The summed E-state index contributed by atoms with van der Waals surface area (Å²) >= 11 is 0. The highest BCUT2D eigenvalue weighted by atomic mass is 16.3. The van der Waals surface area contributed by atoms with E-state index in [1.54, 1.807) is 6.26 Å². The minimum absolute atomic E-state index is 0.808. The molecular formula is C12H20N2O. The molecule has 1 aliphatic rings. The molecule has 3 nitrogen and oxygen atoms in total. The summed E-state index contributed by atoms with van der Waals surface area (Å²) in [7, 11) is 1.97. The van der Waals surface area contributed by atoms with Gasteiger partial charge in [-0.15, -0.1) is 0 Å². The Kier molecular flexibility index (Phi) is 3.44. The van der Waals surface area contributed by atoms with Gasteiger partial charge in [0.15, 0.2) is 0 Å². The first-order chi connectivity index (χ1) is 7.35. The number of rotatable bonds is 6. The molecule has 84 valence electrons. The third-order valence-electron chi connectivity index (χ3n) is 3.02. The molecule has 1 aliphatic carbocycles. The Hall–Kier alpha value is -0.800. The SMILES string of the molecule is CCN(Cc1occc1CNC)C1CC1. The third kappa shape index (κ3) is 2.61. The average Bonchev–Trinajstić information content (AvgIpc) is 2.99. The van der Waals surface area contributed by atoms with Crippen LogP contribution in [0, 0.1) is 0 Å². The molecule has 0 spiro atoms. The van der Waals surface area contributed by atoms with Crippen LogP contribution in [-0.4, -0.2) is 24.5 Å². The van der Waals surface area contributed by atoms with Crippen LogP contribution >= 0.6 is 0 Å². The van der Waals surface area contributed by atoms with E-state index < -0.39 is 0 Å². The summed E-state index contributed by atoms with van der Waals surface area (Å²) in [5.74, 6) is 1.12. The van der Waals surface area contributed by atoms with Crippen LogP contribution in [0.4, 0.5) is 0 Å². The first kappa shape index (κ1) is 10.7. The Labute approximate surface area is 91.4 Å². The van der Waals surface area contributed by atoms with Gasteiger partial charge in [-0.3, -0.25) is 4.90 Å². The standard InChI is InChI=1S/C12H20N2O/c1-3-14(11-4-5-11)9-12-10(8-13-2)6-7-15-12/h6-7,11,13H,3-5,8-9H2,1-2H3. The Morgan fingerprint density at radius 1 is 1.53 bits per heavy atom. The predicted molar refractivity (Wildman–Crippen MR) is 60.6 cm³/mol. The van der Waals surface area contributed by atoms with E-state index in [0.717, 1.165) is 31.4 Å². The van der Waals surface area contributed by atoms with E-state index in [9.17, 15) is 0 Å². The summed E-state index contributed by atoms with van der Waals surface area (Å²) in [4.78, 5) is 2.50. The molecule has 0 unspecified atom stereocenters. The van der Waals surface area contributed by atoms with Crippen LogP contribution in [0.15, 0.2) is 16.7 Å². The van der Waals surface area contributed by atoms with Crippen LogP contribution < -0.4 is 5.32 Å². The topological polar surface area (TPSA) is 28.4 Å². The second-order valence-electron chi connectivity index (χ2n) is 4.19. The highest BCUT2D eigenvalue weighted by Crippen LogP contribution is 2.28. The van der Waals surface area contributed by atoms with Crippen molar-refractivity contribution in [2.45, 2.75) is 38.9 Å². The second-order valence-corrected chi connectivity index (χ2v) is 4.19. The lowest BCUT2D eigenvalue weighted by molar-refractivity contribution is 0.244. The summed E-state index contributed by atoms with van der Waals surface area (Å²) in [6.45, 7) is 5.20. The predicted octanol–water partition coefficient (Wildman–Crippen LogP) is 1.98. The Morgan fingerprint density at radius 2 is 2.33 bits per heavy atom. The van der Waals surface area contributed by atoms with Gasteiger partial charge in [-0.1, -0.05) is 6.92 Å². The van der Waals surface area contributed by atoms with Crippen LogP contribution in [0.5, 0.6) is 0 Å². The van der Waals surface area contributed by atoms with Crippen molar-refractivity contribution in [2.75, 3.05) is 13.6 Å². The molecule has 0 aliphatic heterocycles. The molecule has 1 saturated carbocycles. The summed E-state index contributed by atoms with van der Waals surface area (Å²) in [5.41, 5.74) is 1.29. The van der Waals surface area contributed by atoms with Crippen LogP contribution in [0.25, 0.3) is 0 Å². The van der Waals surface area contributed by atoms with Gasteiger partial charge >= 0.3 is 0 Å². The Bertz CT molecular complexity index is 304. The molecule has 0 saturated heterocycles. The van der Waals surface area contributed by atoms with Gasteiger partial charge in [-0.25, -0.2) is 0 Å². The molecule has 0 aromatic carbocycles. The van der Waals surface area contributed by atoms with E-state index in [2.05, 4.69) is 23.2 Å². The molecule has 0 atom stereocenters. The number of nitrogens with one attached hydrogen (secondary N) is 1. The van der Waals surface area contributed by atoms with E-state index >= 15 is 0 Å². The molecule has 2 rings (SSSR count). The lowest BCUT2D eigenvalue weighted by atomic mass is 10.2. The van der Waals surface area contributed by atoms with E-state index in [4.69, 9.17) is 4.42 Å². The molecule has 1 aromatic rings. The van der Waals surface area contributed by atoms with Crippen LogP contribution in [0.3, 0.4) is 0 Å². The maximum absolute atomic E-state index is 5.55. The van der Waals surface area contributed by atoms with Gasteiger partial charge in [-0.2, -0.15) is 0 Å². The number of hydrogen-bond acceptors (Lipinski definition) is 3. The van der Waals surface area contributed by atoms with E-state index in [1.807, 2.05) is 7.05 Å². The maximum Gasteiger partial charge on any atom is 0.122 e. The van der Waals surface area contributed by atoms with Gasteiger partial charge in [0, 0.05) is 18.2 Å². The summed E-state index contributed by atoms with van der Waals surface area (Å²) in [6.07, 6.45) is 4.51. The molecule has 3 heteroatoms. The summed E-state index contributed by atoms with van der Waals surface area (Å²) in [5, 5.41) is 3.17. The fourth-order valence-corrected chi connectivity index (χ4v) is 1.98. The van der Waals surface area contributed by atoms with Crippen molar-refractivity contribution in [3.05, 3.63) is 23.7 Å². The normalized spacial score (nSPS) is 16.2. The number of furan rings is 1. The molecule has 1 heterocycles. The highest BCUT2D eigenvalue weighted by molar-refractivity contribution is 5.17. The van der Waals surface area contributed by atoms with Crippen molar-refractivity contribution in [1.29, 1.82) is 0 Å². The molecule has 0 amide bonds. The van der Waals surface area contributed by atoms with E-state index in [0.29, 0.717) is 0 Å². The molecule has 0 bridgehead atoms. The second kappa shape index (κ2) is 4.81. The average molecular weight is 208 g/mol. The van der Waals surface area contributed by atoms with Gasteiger partial charge in [0.25, 0.3) is 0 Å². The van der Waals surface area contributed by atoms with E-state index in [1.165, 1.54) is 18.4 Å². The van der Waals surface area contributed by atoms with Crippen molar-refractivity contribution < 1.29 is 4.42 Å². The van der Waals surface area contributed by atoms with Crippen LogP contribution in [-0.2, 0) is 13.1 Å². The Morgan fingerprint density at radius 3 is 2.93 bits per heavy atom. The fraction of sp³-hybridized carbons (Fsp3) is 0.667. The van der Waals surface area contributed by atoms with Crippen LogP contribution in [0.1, 0.15) is 31.1 Å². The molecular weight excluding hydrogens is 188 g/mol. The number of nitrogens with zero attached hydrogens (tertiary/aromatic N) is 1. The van der Waals surface area contributed by atoms with Gasteiger partial charge in [0.05, 0.1) is 12.8 Å². The van der Waals surface area contributed by atoms with Crippen molar-refractivity contribution in [3.8, 4) is 0 Å². The van der Waals surface area contributed by atoms with Crippen molar-refractivity contribution >= 4 is 0 Å². The molecule has 1 fully saturated rings. The van der Waals surface area contributed by atoms with Gasteiger partial charge in [-0.05, 0) is 32.5 Å². The summed E-state index contributed by atoms with van der Waals surface area (Å²) < 4.78 is 5.55. The molecule has 15 heavy (non-hydrogen) atoms. The highest BCUT2D eigenvalue weighted by Gasteiger charge is 2.28. The molecule has 0 radical (unpaired) electrons. The minimum atomic E-state index is 0.808. The zero-order valence-corrected chi connectivity index (χ0v) is 9.62. The van der Waals surface area contributed by atoms with Crippen LogP contribution in [0.2, 0.25) is 0 Å². The summed E-state index contributed by atoms with van der Waals surface area (Å²) in [6, 6.07) is 2.87. The first-order valence-corrected chi connectivity index (χ1v) is 5.79. The molecule has 1 aromatic heterocycles. The van der Waals surface area contributed by atoms with Crippen molar-refractivity contribution in [2.24, 2.45) is 0 Å². The number of hydrogen-bond donors (Lipinski definition) is 1. The van der Waals surface area contributed by atoms with E-state index in [-0.39, 0.29) is 0 Å². The Balaban J connectivity index is 1.98. The van der Waals surface area contributed by atoms with Crippen molar-refractivity contribution in [1.82, 2.24) is 10.2 Å². The lowest BCUT2D eigenvalue weighted by Crippen LogP contribution is -2.25. The maximum atomic E-state index is 5.55. The zero-order chi connectivity index (χ0) is 10.7. The molecule has 1 N–H and O–H groups in total. The quantitative estimate of drug-likeness (QED) is 0.775. The lowest BCUT2D eigenvalue weighted by Gasteiger charge is -2.18. The minimum Gasteiger partial charge on any atom is -0.468 e. The van der Waals surface area contributed by atoms with Gasteiger partial charge in [0.1, 0.15) is 5.76 Å². The van der Waals surface area contributed by atoms with Gasteiger partial charge < -0.3 is 9.73 Å². The smallest absolute Gasteiger partial charge is 0.122 e.